The highest BCUT2D eigenvalue weighted by Gasteiger charge is 2.36. The quantitative estimate of drug-likeness (QED) is 0.468. The van der Waals surface area contributed by atoms with E-state index in [2.05, 4.69) is 9.72 Å². The molecule has 20 heavy (non-hydrogen) atoms. The van der Waals surface area contributed by atoms with Crippen molar-refractivity contribution in [2.24, 2.45) is 0 Å². The topological polar surface area (TPSA) is 56.3 Å². The van der Waals surface area contributed by atoms with Gasteiger partial charge in [-0.3, -0.25) is 0 Å². The number of rotatable bonds is 4. The molecule has 0 fully saturated rings. The minimum absolute atomic E-state index is 0.249. The van der Waals surface area contributed by atoms with Gasteiger partial charge in [-0.2, -0.15) is 0 Å². The maximum Gasteiger partial charge on any atom is 0.574 e. The number of halogens is 7. The van der Waals surface area contributed by atoms with Gasteiger partial charge in [-0.1, -0.05) is 0 Å². The fourth-order valence-corrected chi connectivity index (χ4v) is 2.29. The van der Waals surface area contributed by atoms with Gasteiger partial charge in [-0.05, 0) is 6.07 Å². The molecular weight excluding hydrogens is 356 g/mol. The van der Waals surface area contributed by atoms with E-state index >= 15 is 0 Å². The molecule has 0 unspecified atom stereocenters. The lowest BCUT2D eigenvalue weighted by Gasteiger charge is -2.14. The standard InChI is InChI=1S/C8H4Cl2F5NO3S/c9-2-4-3(6(11)12)1-5(20(10,17)18)7(16-4)19-8(13,14)15/h1,6H,2H2. The third-order valence-electron chi connectivity index (χ3n) is 1.90. The number of ether oxygens (including phenoxy) is 1. The molecule has 4 nitrogen and oxygen atoms in total. The fourth-order valence-electron chi connectivity index (χ4n) is 1.18. The Morgan fingerprint density at radius 3 is 2.25 bits per heavy atom. The first-order valence-electron chi connectivity index (χ1n) is 4.54. The van der Waals surface area contributed by atoms with E-state index in [0.29, 0.717) is 0 Å². The highest BCUT2D eigenvalue weighted by atomic mass is 35.7. The summed E-state index contributed by atoms with van der Waals surface area (Å²) in [6.07, 6.45) is -8.48. The van der Waals surface area contributed by atoms with Crippen LogP contribution in [0.25, 0.3) is 0 Å². The molecule has 1 aromatic heterocycles. The van der Waals surface area contributed by atoms with E-state index in [-0.39, 0.29) is 6.07 Å². The van der Waals surface area contributed by atoms with E-state index in [1.807, 2.05) is 0 Å². The molecular formula is C8H4Cl2F5NO3S. The third-order valence-corrected chi connectivity index (χ3v) is 3.47. The van der Waals surface area contributed by atoms with Crippen LogP contribution in [-0.4, -0.2) is 19.8 Å². The summed E-state index contributed by atoms with van der Waals surface area (Å²) in [6.45, 7) is 0. The van der Waals surface area contributed by atoms with E-state index in [1.54, 1.807) is 0 Å². The Balaban J connectivity index is 3.56. The van der Waals surface area contributed by atoms with E-state index in [4.69, 9.17) is 22.3 Å². The van der Waals surface area contributed by atoms with Gasteiger partial charge in [-0.25, -0.2) is 22.2 Å². The van der Waals surface area contributed by atoms with E-state index in [9.17, 15) is 30.4 Å². The molecule has 0 aliphatic rings. The Kier molecular flexibility index (Phi) is 5.03. The molecule has 1 heterocycles. The molecule has 1 aromatic rings. The second-order valence-electron chi connectivity index (χ2n) is 3.25. The largest absolute Gasteiger partial charge is 0.574 e. The summed E-state index contributed by atoms with van der Waals surface area (Å²) in [5.74, 6) is -2.14. The van der Waals surface area contributed by atoms with Gasteiger partial charge in [0.05, 0.1) is 11.6 Å². The second-order valence-corrected chi connectivity index (χ2v) is 6.05. The lowest BCUT2D eigenvalue weighted by Crippen LogP contribution is -2.20. The molecule has 0 bridgehead atoms. The second kappa shape index (κ2) is 5.86. The van der Waals surface area contributed by atoms with Crippen molar-refractivity contribution in [2.45, 2.75) is 23.6 Å². The molecule has 0 amide bonds. The van der Waals surface area contributed by atoms with E-state index in [1.165, 1.54) is 0 Å². The van der Waals surface area contributed by atoms with Gasteiger partial charge in [0, 0.05) is 16.2 Å². The van der Waals surface area contributed by atoms with Crippen molar-refractivity contribution >= 4 is 31.3 Å². The van der Waals surface area contributed by atoms with Crippen LogP contribution in [0.3, 0.4) is 0 Å². The van der Waals surface area contributed by atoms with Gasteiger partial charge >= 0.3 is 6.36 Å². The smallest absolute Gasteiger partial charge is 0.386 e. The number of aromatic nitrogens is 1. The SMILES string of the molecule is O=S(=O)(Cl)c1cc(C(F)F)c(CCl)nc1OC(F)(F)F. The summed E-state index contributed by atoms with van der Waals surface area (Å²) >= 11 is 5.27. The first kappa shape index (κ1) is 17.2. The zero-order valence-electron chi connectivity index (χ0n) is 9.09. The van der Waals surface area contributed by atoms with Crippen LogP contribution in [0.15, 0.2) is 11.0 Å². The van der Waals surface area contributed by atoms with Gasteiger partial charge in [-0.15, -0.1) is 24.8 Å². The Morgan fingerprint density at radius 1 is 1.35 bits per heavy atom. The normalized spacial score (nSPS) is 12.8. The molecule has 1 rings (SSSR count). The zero-order valence-corrected chi connectivity index (χ0v) is 11.4. The minimum atomic E-state index is -5.28. The Hall–Kier alpha value is -0.870. The molecule has 12 heteroatoms. The van der Waals surface area contributed by atoms with Gasteiger partial charge in [0.25, 0.3) is 15.5 Å². The molecule has 0 aliphatic carbocycles. The Bertz CT molecular complexity index is 605. The van der Waals surface area contributed by atoms with Gasteiger partial charge in [0.1, 0.15) is 4.90 Å². The first-order chi connectivity index (χ1) is 8.95. The highest BCUT2D eigenvalue weighted by molar-refractivity contribution is 8.13. The minimum Gasteiger partial charge on any atom is -0.386 e. The number of alkyl halides is 6. The van der Waals surface area contributed by atoms with Crippen LogP contribution in [0, 0.1) is 0 Å². The van der Waals surface area contributed by atoms with Crippen molar-refractivity contribution in [3.63, 3.8) is 0 Å². The van der Waals surface area contributed by atoms with Crippen molar-refractivity contribution in [2.75, 3.05) is 0 Å². The maximum atomic E-state index is 12.7. The van der Waals surface area contributed by atoms with Gasteiger partial charge in [0.2, 0.25) is 5.88 Å². The van der Waals surface area contributed by atoms with Gasteiger partial charge < -0.3 is 4.74 Å². The average molecular weight is 360 g/mol. The third kappa shape index (κ3) is 4.32. The molecule has 114 valence electrons. The summed E-state index contributed by atoms with van der Waals surface area (Å²) in [5.41, 5.74) is -1.60. The van der Waals surface area contributed by atoms with Crippen LogP contribution in [0.4, 0.5) is 22.0 Å². The van der Waals surface area contributed by atoms with Crippen LogP contribution in [0.2, 0.25) is 0 Å². The molecule has 0 aliphatic heterocycles. The van der Waals surface area contributed by atoms with Crippen LogP contribution < -0.4 is 4.74 Å². The fraction of sp³-hybridized carbons (Fsp3) is 0.375. The van der Waals surface area contributed by atoms with Crippen molar-refractivity contribution in [1.29, 1.82) is 0 Å². The molecule has 0 aromatic carbocycles. The number of nitrogens with zero attached hydrogens (tertiary/aromatic N) is 1. The van der Waals surface area contributed by atoms with E-state index < -0.39 is 49.8 Å². The number of pyridine rings is 1. The molecule has 0 radical (unpaired) electrons. The lowest BCUT2D eigenvalue weighted by atomic mass is 10.2. The molecule has 0 saturated heterocycles. The molecule has 0 saturated carbocycles. The molecule has 0 spiro atoms. The summed E-state index contributed by atoms with van der Waals surface area (Å²) in [5, 5.41) is 0. The summed E-state index contributed by atoms with van der Waals surface area (Å²) in [4.78, 5) is 1.73. The predicted molar refractivity (Wildman–Crippen MR) is 58.5 cm³/mol. The molecule has 0 N–H and O–H groups in total. The van der Waals surface area contributed by atoms with Crippen LogP contribution in [-0.2, 0) is 14.9 Å². The summed E-state index contributed by atoms with van der Waals surface area (Å²) < 4.78 is 87.3. The van der Waals surface area contributed by atoms with Gasteiger partial charge in [0.15, 0.2) is 0 Å². The zero-order chi connectivity index (χ0) is 15.7. The summed E-state index contributed by atoms with van der Waals surface area (Å²) in [7, 11) is 0.0932. The van der Waals surface area contributed by atoms with Crippen molar-refractivity contribution in [1.82, 2.24) is 4.98 Å². The average Bonchev–Trinajstić information content (AvgIpc) is 2.24. The van der Waals surface area contributed by atoms with Crippen molar-refractivity contribution in [3.05, 3.63) is 17.3 Å². The Labute approximate surface area is 118 Å². The van der Waals surface area contributed by atoms with Crippen LogP contribution >= 0.6 is 22.3 Å². The van der Waals surface area contributed by atoms with Crippen LogP contribution in [0.1, 0.15) is 17.7 Å². The first-order valence-corrected chi connectivity index (χ1v) is 7.38. The predicted octanol–water partition coefficient (Wildman–Crippen LogP) is 3.58. The maximum absolute atomic E-state index is 12.7. The number of hydrogen-bond donors (Lipinski definition) is 0. The highest BCUT2D eigenvalue weighted by Crippen LogP contribution is 2.35. The van der Waals surface area contributed by atoms with Crippen molar-refractivity contribution < 1.29 is 35.1 Å². The summed E-state index contributed by atoms with van der Waals surface area (Å²) in [6, 6.07) is 0.249. The van der Waals surface area contributed by atoms with Crippen molar-refractivity contribution in [3.8, 4) is 5.88 Å². The monoisotopic (exact) mass is 359 g/mol. The lowest BCUT2D eigenvalue weighted by molar-refractivity contribution is -0.277. The Morgan fingerprint density at radius 2 is 1.90 bits per heavy atom. The van der Waals surface area contributed by atoms with Crippen LogP contribution in [0.5, 0.6) is 5.88 Å². The molecule has 0 atom stereocenters. The number of hydrogen-bond acceptors (Lipinski definition) is 4. The van der Waals surface area contributed by atoms with E-state index in [0.717, 1.165) is 0 Å².